The molecule has 0 unspecified atom stereocenters. The van der Waals surface area contributed by atoms with E-state index in [0.717, 1.165) is 11.3 Å². The van der Waals surface area contributed by atoms with E-state index in [1.54, 1.807) is 0 Å². The maximum Gasteiger partial charge on any atom is 0.120 e. The van der Waals surface area contributed by atoms with Crippen molar-refractivity contribution in [2.24, 2.45) is 0 Å². The molecule has 0 N–H and O–H groups in total. The minimum atomic E-state index is 0.621. The molecule has 0 amide bonds. The molecule has 0 saturated heterocycles. The van der Waals surface area contributed by atoms with Crippen LogP contribution in [-0.4, -0.2) is 0 Å². The highest BCUT2D eigenvalue weighted by molar-refractivity contribution is 5.47. The second kappa shape index (κ2) is 4.69. The average molecular weight is 236 g/mol. The van der Waals surface area contributed by atoms with Crippen LogP contribution < -0.4 is 4.74 Å². The van der Waals surface area contributed by atoms with Crippen molar-refractivity contribution in [3.8, 4) is 5.75 Å². The highest BCUT2D eigenvalue weighted by Crippen LogP contribution is 2.27. The number of rotatable bonds is 4. The van der Waals surface area contributed by atoms with Crippen molar-refractivity contribution in [1.29, 1.82) is 0 Å². The predicted octanol–water partition coefficient (Wildman–Crippen LogP) is 4.01. The number of ether oxygens (including phenoxy) is 1. The lowest BCUT2D eigenvalue weighted by Crippen LogP contribution is -2.08. The molecular weight excluding hydrogens is 220 g/mol. The van der Waals surface area contributed by atoms with Crippen LogP contribution in [0.2, 0.25) is 0 Å². The molecule has 2 aromatic rings. The third-order valence-corrected chi connectivity index (χ3v) is 3.46. The van der Waals surface area contributed by atoms with E-state index in [2.05, 4.69) is 49.0 Å². The predicted molar refractivity (Wildman–Crippen MR) is 74.7 cm³/mol. The molecule has 1 aliphatic carbocycles. The van der Waals surface area contributed by atoms with E-state index in [1.807, 2.05) is 6.08 Å². The first-order valence-corrected chi connectivity index (χ1v) is 6.31. The highest BCUT2D eigenvalue weighted by Gasteiger charge is 2.12. The molecule has 1 heteroatoms. The third-order valence-electron chi connectivity index (χ3n) is 3.46. The Kier molecular flexibility index (Phi) is 2.89. The van der Waals surface area contributed by atoms with Crippen molar-refractivity contribution >= 4 is 6.08 Å². The van der Waals surface area contributed by atoms with Gasteiger partial charge in [0, 0.05) is 0 Å². The van der Waals surface area contributed by atoms with Crippen molar-refractivity contribution in [2.45, 2.75) is 19.4 Å². The van der Waals surface area contributed by atoms with E-state index >= 15 is 0 Å². The van der Waals surface area contributed by atoms with Gasteiger partial charge in [-0.3, -0.25) is 0 Å². The molecule has 0 atom stereocenters. The Hall–Kier alpha value is -2.02. The lowest BCUT2D eigenvalue weighted by Gasteiger charge is -2.19. The Morgan fingerprint density at radius 1 is 1.00 bits per heavy atom. The highest BCUT2D eigenvalue weighted by atomic mass is 16.5. The topological polar surface area (TPSA) is 9.23 Å². The Balaban J connectivity index is 1.65. The summed E-state index contributed by atoms with van der Waals surface area (Å²) in [6.07, 6.45) is 4.26. The normalized spacial score (nSPS) is 12.4. The van der Waals surface area contributed by atoms with Crippen LogP contribution in [-0.2, 0) is 19.4 Å². The number of fused-ring (bicyclic) bond motifs is 1. The average Bonchev–Trinajstić information content (AvgIpc) is 2.39. The Labute approximate surface area is 108 Å². The molecule has 1 nitrogen and oxygen atoms in total. The number of hydrogen-bond donors (Lipinski definition) is 0. The van der Waals surface area contributed by atoms with Crippen LogP contribution >= 0.6 is 0 Å². The molecule has 0 radical (unpaired) electrons. The van der Waals surface area contributed by atoms with Gasteiger partial charge in [0.25, 0.3) is 0 Å². The molecule has 0 heterocycles. The standard InChI is InChI=1S/C17H16O/c1-2-13-3-5-14(6-4-13)12-18-17-10-9-15-7-8-16(15)11-17/h2-6,9-11H,1,7-8,12H2. The zero-order chi connectivity index (χ0) is 12.4. The summed E-state index contributed by atoms with van der Waals surface area (Å²) in [7, 11) is 0. The minimum absolute atomic E-state index is 0.621. The van der Waals surface area contributed by atoms with Gasteiger partial charge in [0.05, 0.1) is 0 Å². The first-order chi connectivity index (χ1) is 8.85. The fraction of sp³-hybridized carbons (Fsp3) is 0.176. The summed E-state index contributed by atoms with van der Waals surface area (Å²) in [5.41, 5.74) is 5.23. The van der Waals surface area contributed by atoms with Crippen LogP contribution in [0.15, 0.2) is 49.0 Å². The summed E-state index contributed by atoms with van der Waals surface area (Å²) in [6, 6.07) is 14.7. The van der Waals surface area contributed by atoms with Crippen molar-refractivity contribution in [3.63, 3.8) is 0 Å². The zero-order valence-corrected chi connectivity index (χ0v) is 10.4. The van der Waals surface area contributed by atoms with Crippen molar-refractivity contribution in [1.82, 2.24) is 0 Å². The van der Waals surface area contributed by atoms with Gasteiger partial charge in [-0.05, 0) is 47.2 Å². The fourth-order valence-electron chi connectivity index (χ4n) is 2.18. The first kappa shape index (κ1) is 11.1. The molecule has 18 heavy (non-hydrogen) atoms. The Morgan fingerprint density at radius 2 is 1.78 bits per heavy atom. The van der Waals surface area contributed by atoms with Gasteiger partial charge < -0.3 is 4.74 Å². The van der Waals surface area contributed by atoms with Gasteiger partial charge in [0.1, 0.15) is 12.4 Å². The second-order valence-electron chi connectivity index (χ2n) is 4.66. The molecular formula is C17H16O. The van der Waals surface area contributed by atoms with Crippen molar-refractivity contribution < 1.29 is 4.74 Å². The Morgan fingerprint density at radius 3 is 2.39 bits per heavy atom. The van der Waals surface area contributed by atoms with Gasteiger partial charge in [-0.2, -0.15) is 0 Å². The summed E-state index contributed by atoms with van der Waals surface area (Å²) >= 11 is 0. The van der Waals surface area contributed by atoms with Crippen molar-refractivity contribution in [2.75, 3.05) is 0 Å². The van der Waals surface area contributed by atoms with Gasteiger partial charge in [0.15, 0.2) is 0 Å². The van der Waals surface area contributed by atoms with E-state index in [1.165, 1.54) is 29.5 Å². The SMILES string of the molecule is C=Cc1ccc(COc2ccc3c(c2)CC3)cc1. The van der Waals surface area contributed by atoms with Crippen LogP contribution in [0.1, 0.15) is 22.3 Å². The minimum Gasteiger partial charge on any atom is -0.489 e. The lowest BCUT2D eigenvalue weighted by molar-refractivity contribution is 0.305. The Bertz CT molecular complexity index is 567. The maximum atomic E-state index is 5.81. The summed E-state index contributed by atoms with van der Waals surface area (Å²) in [5, 5.41) is 0. The second-order valence-corrected chi connectivity index (χ2v) is 4.66. The van der Waals surface area contributed by atoms with E-state index < -0.39 is 0 Å². The smallest absolute Gasteiger partial charge is 0.120 e. The molecule has 1 aliphatic rings. The van der Waals surface area contributed by atoms with Crippen LogP contribution in [0.5, 0.6) is 5.75 Å². The molecule has 0 fully saturated rings. The number of benzene rings is 2. The zero-order valence-electron chi connectivity index (χ0n) is 10.4. The summed E-state index contributed by atoms with van der Waals surface area (Å²) < 4.78 is 5.81. The summed E-state index contributed by atoms with van der Waals surface area (Å²) in [4.78, 5) is 0. The monoisotopic (exact) mass is 236 g/mol. The van der Waals surface area contributed by atoms with Gasteiger partial charge in [-0.15, -0.1) is 0 Å². The summed E-state index contributed by atoms with van der Waals surface area (Å²) in [6.45, 7) is 4.37. The van der Waals surface area contributed by atoms with Gasteiger partial charge in [0.2, 0.25) is 0 Å². The first-order valence-electron chi connectivity index (χ1n) is 6.31. The van der Waals surface area contributed by atoms with E-state index in [9.17, 15) is 0 Å². The lowest BCUT2D eigenvalue weighted by atomic mass is 9.89. The van der Waals surface area contributed by atoms with Crippen molar-refractivity contribution in [3.05, 3.63) is 71.3 Å². The third kappa shape index (κ3) is 2.17. The fourth-order valence-corrected chi connectivity index (χ4v) is 2.18. The number of aryl methyl sites for hydroxylation is 2. The molecule has 0 aliphatic heterocycles. The quantitative estimate of drug-likeness (QED) is 0.779. The van der Waals surface area contributed by atoms with E-state index in [4.69, 9.17) is 4.74 Å². The molecule has 90 valence electrons. The van der Waals surface area contributed by atoms with E-state index in [-0.39, 0.29) is 0 Å². The number of hydrogen-bond acceptors (Lipinski definition) is 1. The summed E-state index contributed by atoms with van der Waals surface area (Å²) in [5.74, 6) is 0.973. The van der Waals surface area contributed by atoms with Gasteiger partial charge in [-0.25, -0.2) is 0 Å². The van der Waals surface area contributed by atoms with Crippen LogP contribution in [0.25, 0.3) is 6.08 Å². The molecule has 2 aromatic carbocycles. The largest absolute Gasteiger partial charge is 0.489 e. The van der Waals surface area contributed by atoms with E-state index in [0.29, 0.717) is 6.61 Å². The molecule has 0 spiro atoms. The van der Waals surface area contributed by atoms with Crippen LogP contribution in [0.3, 0.4) is 0 Å². The van der Waals surface area contributed by atoms with Crippen LogP contribution in [0, 0.1) is 0 Å². The maximum absolute atomic E-state index is 5.81. The molecule has 0 saturated carbocycles. The molecule has 0 aromatic heterocycles. The molecule has 3 rings (SSSR count). The van der Waals surface area contributed by atoms with Gasteiger partial charge >= 0.3 is 0 Å². The molecule has 0 bridgehead atoms. The van der Waals surface area contributed by atoms with Crippen LogP contribution in [0.4, 0.5) is 0 Å². The van der Waals surface area contributed by atoms with Gasteiger partial charge in [-0.1, -0.05) is 43.0 Å².